The molecule has 24 heavy (non-hydrogen) atoms. The lowest BCUT2D eigenvalue weighted by Crippen LogP contribution is -2.43. The van der Waals surface area contributed by atoms with E-state index in [-0.39, 0.29) is 19.1 Å². The van der Waals surface area contributed by atoms with Crippen LogP contribution in [-0.4, -0.2) is 61.1 Å². The molecular weight excluding hydrogens is 316 g/mol. The largest absolute Gasteiger partial charge is 0.493 e. The van der Waals surface area contributed by atoms with Gasteiger partial charge in [0.25, 0.3) is 5.91 Å². The molecule has 2 amide bonds. The minimum atomic E-state index is -1.07. The van der Waals surface area contributed by atoms with Gasteiger partial charge in [-0.3, -0.25) is 14.4 Å². The molecule has 1 fully saturated rings. The molecule has 0 heterocycles. The quantitative estimate of drug-likeness (QED) is 0.717. The van der Waals surface area contributed by atoms with Crippen LogP contribution in [0.1, 0.15) is 23.2 Å². The van der Waals surface area contributed by atoms with Gasteiger partial charge in [-0.05, 0) is 31.0 Å². The molecule has 0 spiro atoms. The molecule has 1 aliphatic rings. The van der Waals surface area contributed by atoms with E-state index in [2.05, 4.69) is 5.32 Å². The third-order valence-corrected chi connectivity index (χ3v) is 3.66. The van der Waals surface area contributed by atoms with E-state index in [1.165, 1.54) is 25.2 Å². The number of methoxy groups -OCH3 is 2. The maximum atomic E-state index is 12.2. The molecule has 2 N–H and O–H groups in total. The van der Waals surface area contributed by atoms with Gasteiger partial charge in [0.05, 0.1) is 20.8 Å². The summed E-state index contributed by atoms with van der Waals surface area (Å²) >= 11 is 0. The van der Waals surface area contributed by atoms with E-state index in [9.17, 15) is 14.4 Å². The van der Waals surface area contributed by atoms with Gasteiger partial charge in [0, 0.05) is 11.6 Å². The highest BCUT2D eigenvalue weighted by molar-refractivity contribution is 5.97. The zero-order valence-electron chi connectivity index (χ0n) is 13.6. The number of carbonyl (C=O) groups is 3. The number of carboxylic acid groups (broad SMARTS) is 1. The van der Waals surface area contributed by atoms with Crippen LogP contribution in [-0.2, 0) is 9.59 Å². The summed E-state index contributed by atoms with van der Waals surface area (Å²) in [6.07, 6.45) is 1.59. The number of aliphatic carboxylic acids is 1. The monoisotopic (exact) mass is 336 g/mol. The number of ether oxygens (including phenoxy) is 2. The van der Waals surface area contributed by atoms with Crippen LogP contribution < -0.4 is 14.8 Å². The summed E-state index contributed by atoms with van der Waals surface area (Å²) in [5, 5.41) is 11.4. The lowest BCUT2D eigenvalue weighted by Gasteiger charge is -2.20. The average molecular weight is 336 g/mol. The standard InChI is InChI=1S/C16H20N2O6/c1-23-12-6-3-10(7-13(12)24-2)16(22)17-8-14(19)18(9-15(20)21)11-4-5-11/h3,6-7,11H,4-5,8-9H2,1-2H3,(H,17,22)(H,20,21). The van der Waals surface area contributed by atoms with Crippen molar-refractivity contribution in [2.45, 2.75) is 18.9 Å². The Labute approximate surface area is 139 Å². The highest BCUT2D eigenvalue weighted by Crippen LogP contribution is 2.28. The Morgan fingerprint density at radius 2 is 1.88 bits per heavy atom. The highest BCUT2D eigenvalue weighted by Gasteiger charge is 2.33. The number of carbonyl (C=O) groups excluding carboxylic acids is 2. The van der Waals surface area contributed by atoms with Crippen LogP contribution in [0.15, 0.2) is 18.2 Å². The van der Waals surface area contributed by atoms with Crippen molar-refractivity contribution in [3.05, 3.63) is 23.8 Å². The maximum absolute atomic E-state index is 12.2. The molecule has 1 saturated carbocycles. The Bertz CT molecular complexity index is 641. The molecule has 0 bridgehead atoms. The van der Waals surface area contributed by atoms with Gasteiger partial charge in [-0.1, -0.05) is 0 Å². The van der Waals surface area contributed by atoms with Gasteiger partial charge in [0.15, 0.2) is 11.5 Å². The zero-order chi connectivity index (χ0) is 17.7. The molecule has 0 atom stereocenters. The fourth-order valence-corrected chi connectivity index (χ4v) is 2.29. The molecule has 8 nitrogen and oxygen atoms in total. The molecule has 0 unspecified atom stereocenters. The van der Waals surface area contributed by atoms with E-state index < -0.39 is 17.8 Å². The summed E-state index contributed by atoms with van der Waals surface area (Å²) in [5.74, 6) is -1.03. The molecule has 1 aliphatic carbocycles. The van der Waals surface area contributed by atoms with Gasteiger partial charge in [-0.15, -0.1) is 0 Å². The first-order valence-electron chi connectivity index (χ1n) is 7.47. The normalized spacial score (nSPS) is 13.1. The molecule has 1 aromatic carbocycles. The molecular formula is C16H20N2O6. The van der Waals surface area contributed by atoms with Gasteiger partial charge in [0.1, 0.15) is 6.54 Å². The first-order chi connectivity index (χ1) is 11.5. The Morgan fingerprint density at radius 1 is 1.21 bits per heavy atom. The summed E-state index contributed by atoms with van der Waals surface area (Å²) in [6, 6.07) is 4.62. The van der Waals surface area contributed by atoms with E-state index in [1.54, 1.807) is 12.1 Å². The Kier molecular flexibility index (Phi) is 5.62. The Balaban J connectivity index is 1.96. The van der Waals surface area contributed by atoms with E-state index in [4.69, 9.17) is 14.6 Å². The van der Waals surface area contributed by atoms with Crippen molar-refractivity contribution >= 4 is 17.8 Å². The summed E-state index contributed by atoms with van der Waals surface area (Å²) in [4.78, 5) is 36.4. The fraction of sp³-hybridized carbons (Fsp3) is 0.438. The number of carboxylic acids is 1. The van der Waals surface area contributed by atoms with Crippen molar-refractivity contribution in [2.24, 2.45) is 0 Å². The summed E-state index contributed by atoms with van der Waals surface area (Å²) < 4.78 is 10.2. The Hall–Kier alpha value is -2.77. The SMILES string of the molecule is COc1ccc(C(=O)NCC(=O)N(CC(=O)O)C2CC2)cc1OC. The topological polar surface area (TPSA) is 105 Å². The van der Waals surface area contributed by atoms with Gasteiger partial charge < -0.3 is 24.8 Å². The lowest BCUT2D eigenvalue weighted by atomic mass is 10.2. The van der Waals surface area contributed by atoms with Gasteiger partial charge in [0.2, 0.25) is 5.91 Å². The summed E-state index contributed by atoms with van der Waals surface area (Å²) in [5.41, 5.74) is 0.316. The predicted octanol–water partition coefficient (Wildman–Crippen LogP) is 0.509. The molecule has 0 aromatic heterocycles. The first kappa shape index (κ1) is 17.6. The first-order valence-corrected chi connectivity index (χ1v) is 7.47. The van der Waals surface area contributed by atoms with Crippen molar-refractivity contribution in [1.29, 1.82) is 0 Å². The maximum Gasteiger partial charge on any atom is 0.323 e. The van der Waals surface area contributed by atoms with E-state index in [0.717, 1.165) is 12.8 Å². The van der Waals surface area contributed by atoms with Crippen LogP contribution >= 0.6 is 0 Å². The number of nitrogens with zero attached hydrogens (tertiary/aromatic N) is 1. The lowest BCUT2D eigenvalue weighted by molar-refractivity contribution is -0.144. The smallest absolute Gasteiger partial charge is 0.323 e. The summed E-state index contributed by atoms with van der Waals surface area (Å²) in [7, 11) is 2.95. The number of benzene rings is 1. The van der Waals surface area contributed by atoms with E-state index in [1.807, 2.05) is 0 Å². The van der Waals surface area contributed by atoms with Crippen LogP contribution in [0.25, 0.3) is 0 Å². The van der Waals surface area contributed by atoms with Crippen molar-refractivity contribution in [3.63, 3.8) is 0 Å². The molecule has 130 valence electrons. The van der Waals surface area contributed by atoms with E-state index >= 15 is 0 Å². The minimum Gasteiger partial charge on any atom is -0.493 e. The molecule has 8 heteroatoms. The molecule has 2 rings (SSSR count). The second-order valence-electron chi connectivity index (χ2n) is 5.40. The van der Waals surface area contributed by atoms with Crippen molar-refractivity contribution in [3.8, 4) is 11.5 Å². The van der Waals surface area contributed by atoms with Gasteiger partial charge in [-0.2, -0.15) is 0 Å². The van der Waals surface area contributed by atoms with Gasteiger partial charge in [-0.25, -0.2) is 0 Å². The number of rotatable bonds is 8. The van der Waals surface area contributed by atoms with Crippen LogP contribution in [0.5, 0.6) is 11.5 Å². The molecule has 1 aromatic rings. The molecule has 0 aliphatic heterocycles. The number of hydrogen-bond donors (Lipinski definition) is 2. The minimum absolute atomic E-state index is 0.0356. The van der Waals surface area contributed by atoms with E-state index in [0.29, 0.717) is 17.1 Å². The van der Waals surface area contributed by atoms with Crippen molar-refractivity contribution < 1.29 is 29.0 Å². The van der Waals surface area contributed by atoms with Crippen LogP contribution in [0.4, 0.5) is 0 Å². The summed E-state index contributed by atoms with van der Waals surface area (Å²) in [6.45, 7) is -0.604. The second kappa shape index (κ2) is 7.67. The zero-order valence-corrected chi connectivity index (χ0v) is 13.6. The number of hydrogen-bond acceptors (Lipinski definition) is 5. The fourth-order valence-electron chi connectivity index (χ4n) is 2.29. The number of amides is 2. The van der Waals surface area contributed by atoms with Crippen LogP contribution in [0.2, 0.25) is 0 Å². The van der Waals surface area contributed by atoms with Gasteiger partial charge >= 0.3 is 5.97 Å². The predicted molar refractivity (Wildman–Crippen MR) is 84.3 cm³/mol. The third-order valence-electron chi connectivity index (χ3n) is 3.66. The van der Waals surface area contributed by atoms with Crippen LogP contribution in [0, 0.1) is 0 Å². The van der Waals surface area contributed by atoms with Crippen molar-refractivity contribution in [1.82, 2.24) is 10.2 Å². The van der Waals surface area contributed by atoms with Crippen LogP contribution in [0.3, 0.4) is 0 Å². The highest BCUT2D eigenvalue weighted by atomic mass is 16.5. The molecule has 0 radical (unpaired) electrons. The Morgan fingerprint density at radius 3 is 2.42 bits per heavy atom. The molecule has 0 saturated heterocycles. The van der Waals surface area contributed by atoms with Crippen molar-refractivity contribution in [2.75, 3.05) is 27.3 Å². The second-order valence-corrected chi connectivity index (χ2v) is 5.40. The third kappa shape index (κ3) is 4.37. The number of nitrogens with one attached hydrogen (secondary N) is 1. The average Bonchev–Trinajstić information content (AvgIpc) is 3.41.